The van der Waals surface area contributed by atoms with Crippen LogP contribution < -0.4 is 0 Å². The molecule has 1 aromatic rings. The van der Waals surface area contributed by atoms with Gasteiger partial charge in [0, 0.05) is 0 Å². The predicted octanol–water partition coefficient (Wildman–Crippen LogP) is 1.71. The van der Waals surface area contributed by atoms with Crippen molar-refractivity contribution >= 4 is 17.9 Å². The van der Waals surface area contributed by atoms with Crippen LogP contribution in [0.25, 0.3) is 0 Å². The van der Waals surface area contributed by atoms with Crippen molar-refractivity contribution in [2.75, 3.05) is 0 Å². The molecule has 6 heteroatoms. The molecule has 0 aliphatic heterocycles. The summed E-state index contributed by atoms with van der Waals surface area (Å²) in [6.45, 7) is 4.08. The number of rotatable bonds is 3. The van der Waals surface area contributed by atoms with Crippen molar-refractivity contribution in [3.8, 4) is 0 Å². The maximum absolute atomic E-state index is 11.1. The van der Waals surface area contributed by atoms with Crippen molar-refractivity contribution in [3.63, 3.8) is 0 Å². The fraction of sp³-hybridized carbons (Fsp3) is 0.250. The average molecular weight is 252 g/mol. The van der Waals surface area contributed by atoms with Gasteiger partial charge in [0.1, 0.15) is 0 Å². The molecule has 0 atom stereocenters. The quantitative estimate of drug-likeness (QED) is 0.754. The summed E-state index contributed by atoms with van der Waals surface area (Å²) in [5.41, 5.74) is -0.610. The summed E-state index contributed by atoms with van der Waals surface area (Å²) in [4.78, 5) is 33.4. The Bertz CT molecular complexity index is 468. The molecule has 0 fully saturated rings. The number of hydrogen-bond acceptors (Lipinski definition) is 3. The Labute approximate surface area is 102 Å². The maximum atomic E-state index is 11.1. The molecular weight excluding hydrogens is 240 g/mol. The Balaban J connectivity index is 3.94. The van der Waals surface area contributed by atoms with Crippen LogP contribution in [0.15, 0.2) is 0 Å². The van der Waals surface area contributed by atoms with Gasteiger partial charge in [-0.2, -0.15) is 0 Å². The van der Waals surface area contributed by atoms with Gasteiger partial charge >= 0.3 is 17.9 Å². The van der Waals surface area contributed by atoms with Gasteiger partial charge < -0.3 is 15.3 Å². The minimum Gasteiger partial charge on any atom is -0.478 e. The molecule has 1 rings (SSSR count). The van der Waals surface area contributed by atoms with Gasteiger partial charge in [-0.1, -0.05) is 0 Å². The lowest BCUT2D eigenvalue weighted by molar-refractivity contribution is 0.0695. The molecule has 0 spiro atoms. The molecule has 0 aliphatic carbocycles. The summed E-state index contributed by atoms with van der Waals surface area (Å²) in [5, 5.41) is 27.2. The van der Waals surface area contributed by atoms with E-state index in [1.165, 1.54) is 20.8 Å². The van der Waals surface area contributed by atoms with Crippen LogP contribution in [-0.4, -0.2) is 33.2 Å². The Morgan fingerprint density at radius 1 is 0.611 bits per heavy atom. The molecule has 0 unspecified atom stereocenters. The van der Waals surface area contributed by atoms with Crippen LogP contribution in [0.5, 0.6) is 0 Å². The van der Waals surface area contributed by atoms with Crippen LogP contribution >= 0.6 is 0 Å². The van der Waals surface area contributed by atoms with Crippen molar-refractivity contribution in [1.82, 2.24) is 0 Å². The number of benzene rings is 1. The third-order valence-electron chi connectivity index (χ3n) is 2.89. The first kappa shape index (κ1) is 13.7. The van der Waals surface area contributed by atoms with E-state index in [1.54, 1.807) is 0 Å². The zero-order valence-corrected chi connectivity index (χ0v) is 10.1. The standard InChI is InChI=1S/C12H12O6/c1-4-7(10(13)14)5(2)9(12(17)18)6(3)8(4)11(15)16/h1-3H3,(H,13,14)(H,15,16)(H,17,18). The van der Waals surface area contributed by atoms with E-state index in [0.29, 0.717) is 0 Å². The number of carbonyl (C=O) groups is 3. The highest BCUT2D eigenvalue weighted by Gasteiger charge is 2.27. The van der Waals surface area contributed by atoms with Gasteiger partial charge in [-0.15, -0.1) is 0 Å². The highest BCUT2D eigenvalue weighted by atomic mass is 16.4. The summed E-state index contributed by atoms with van der Waals surface area (Å²) in [7, 11) is 0. The minimum absolute atomic E-state index is 0.0648. The minimum atomic E-state index is -1.34. The van der Waals surface area contributed by atoms with Gasteiger partial charge in [-0.25, -0.2) is 14.4 Å². The summed E-state index contributed by atoms with van der Waals surface area (Å²) in [5.74, 6) is -4.01. The van der Waals surface area contributed by atoms with Crippen LogP contribution in [0.1, 0.15) is 47.8 Å². The van der Waals surface area contributed by atoms with Gasteiger partial charge in [-0.05, 0) is 37.5 Å². The van der Waals surface area contributed by atoms with E-state index < -0.39 is 17.9 Å². The summed E-state index contributed by atoms with van der Waals surface area (Å²) in [6, 6.07) is 0. The molecule has 0 bridgehead atoms. The van der Waals surface area contributed by atoms with Crippen molar-refractivity contribution in [3.05, 3.63) is 33.4 Å². The van der Waals surface area contributed by atoms with Crippen LogP contribution in [0, 0.1) is 20.8 Å². The molecule has 0 aliphatic rings. The topological polar surface area (TPSA) is 112 Å². The van der Waals surface area contributed by atoms with Crippen LogP contribution in [0.3, 0.4) is 0 Å². The largest absolute Gasteiger partial charge is 0.478 e. The van der Waals surface area contributed by atoms with Crippen molar-refractivity contribution in [2.24, 2.45) is 0 Å². The smallest absolute Gasteiger partial charge is 0.336 e. The number of carboxylic acids is 3. The second-order valence-corrected chi connectivity index (χ2v) is 3.92. The Hall–Kier alpha value is -2.37. The monoisotopic (exact) mass is 252 g/mol. The maximum Gasteiger partial charge on any atom is 0.336 e. The first-order chi connectivity index (χ1) is 8.20. The van der Waals surface area contributed by atoms with E-state index in [2.05, 4.69) is 0 Å². The van der Waals surface area contributed by atoms with Crippen LogP contribution in [-0.2, 0) is 0 Å². The SMILES string of the molecule is Cc1c(C(=O)O)c(C)c(C(=O)O)c(C)c1C(=O)O. The average Bonchev–Trinajstić information content (AvgIpc) is 2.14. The third kappa shape index (κ3) is 1.92. The van der Waals surface area contributed by atoms with Crippen molar-refractivity contribution < 1.29 is 29.7 Å². The van der Waals surface area contributed by atoms with E-state index in [4.69, 9.17) is 15.3 Å². The van der Waals surface area contributed by atoms with Gasteiger partial charge in [0.05, 0.1) is 16.7 Å². The molecular formula is C12H12O6. The van der Waals surface area contributed by atoms with Crippen molar-refractivity contribution in [1.29, 1.82) is 0 Å². The molecule has 96 valence electrons. The molecule has 0 aromatic heterocycles. The Kier molecular flexibility index (Phi) is 3.41. The van der Waals surface area contributed by atoms with Crippen LogP contribution in [0.2, 0.25) is 0 Å². The van der Waals surface area contributed by atoms with Gasteiger partial charge in [-0.3, -0.25) is 0 Å². The normalized spacial score (nSPS) is 10.2. The molecule has 1 aromatic carbocycles. The molecule has 0 radical (unpaired) electrons. The van der Waals surface area contributed by atoms with E-state index in [-0.39, 0.29) is 33.4 Å². The van der Waals surface area contributed by atoms with E-state index in [9.17, 15) is 14.4 Å². The Morgan fingerprint density at radius 3 is 0.889 bits per heavy atom. The molecule has 0 heterocycles. The molecule has 3 N–H and O–H groups in total. The lowest BCUT2D eigenvalue weighted by atomic mass is 9.88. The van der Waals surface area contributed by atoms with E-state index in [1.807, 2.05) is 0 Å². The fourth-order valence-corrected chi connectivity index (χ4v) is 2.18. The molecule has 0 saturated carbocycles. The summed E-state index contributed by atoms with van der Waals surface area (Å²) < 4.78 is 0. The van der Waals surface area contributed by atoms with Crippen LogP contribution in [0.4, 0.5) is 0 Å². The van der Waals surface area contributed by atoms with Crippen molar-refractivity contribution in [2.45, 2.75) is 20.8 Å². The zero-order valence-electron chi connectivity index (χ0n) is 10.1. The predicted molar refractivity (Wildman–Crippen MR) is 61.5 cm³/mol. The van der Waals surface area contributed by atoms with E-state index >= 15 is 0 Å². The number of hydrogen-bond donors (Lipinski definition) is 3. The molecule has 0 amide bonds. The van der Waals surface area contributed by atoms with E-state index in [0.717, 1.165) is 0 Å². The first-order valence-corrected chi connectivity index (χ1v) is 5.03. The highest BCUT2D eigenvalue weighted by molar-refractivity contribution is 6.04. The van der Waals surface area contributed by atoms with Gasteiger partial charge in [0.15, 0.2) is 0 Å². The van der Waals surface area contributed by atoms with Gasteiger partial charge in [0.25, 0.3) is 0 Å². The summed E-state index contributed by atoms with van der Waals surface area (Å²) >= 11 is 0. The molecule has 0 saturated heterocycles. The second kappa shape index (κ2) is 4.48. The summed E-state index contributed by atoms with van der Waals surface area (Å²) in [6.07, 6.45) is 0. The molecule has 6 nitrogen and oxygen atoms in total. The first-order valence-electron chi connectivity index (χ1n) is 5.03. The second-order valence-electron chi connectivity index (χ2n) is 3.92. The molecule has 18 heavy (non-hydrogen) atoms. The van der Waals surface area contributed by atoms with Gasteiger partial charge in [0.2, 0.25) is 0 Å². The highest BCUT2D eigenvalue weighted by Crippen LogP contribution is 2.27. The Morgan fingerprint density at radius 2 is 0.778 bits per heavy atom. The number of aromatic carboxylic acids is 3. The fourth-order valence-electron chi connectivity index (χ4n) is 2.18. The zero-order chi connectivity index (χ0) is 14.2. The third-order valence-corrected chi connectivity index (χ3v) is 2.89. The number of carboxylic acid groups (broad SMARTS) is 3. The lowest BCUT2D eigenvalue weighted by Crippen LogP contribution is -2.17. The lowest BCUT2D eigenvalue weighted by Gasteiger charge is -2.15.